The van der Waals surface area contributed by atoms with Crippen molar-refractivity contribution in [3.63, 3.8) is 0 Å². The minimum atomic E-state index is 0.0954. The van der Waals surface area contributed by atoms with Gasteiger partial charge < -0.3 is 5.73 Å². The van der Waals surface area contributed by atoms with Crippen LogP contribution in [0, 0.1) is 0 Å². The molecule has 60 valence electrons. The molecule has 0 radical (unpaired) electrons. The average Bonchev–Trinajstić information content (AvgIpc) is 2.04. The quantitative estimate of drug-likeness (QED) is 0.768. The third-order valence-electron chi connectivity index (χ3n) is 1.63. The minimum Gasteiger partial charge on any atom is -0.324 e. The summed E-state index contributed by atoms with van der Waals surface area (Å²) >= 11 is 3.35. The highest BCUT2D eigenvalue weighted by Gasteiger charge is 2.06. The predicted octanol–water partition coefficient (Wildman–Crippen LogP) is 2.25. The molecule has 0 bridgehead atoms. The van der Waals surface area contributed by atoms with Crippen LogP contribution in [0.1, 0.15) is 24.9 Å². The Bertz CT molecular complexity index is 237. The van der Waals surface area contributed by atoms with Gasteiger partial charge >= 0.3 is 0 Å². The zero-order valence-corrected chi connectivity index (χ0v) is 8.01. The first-order valence-electron chi connectivity index (χ1n) is 3.61. The lowest BCUT2D eigenvalue weighted by Gasteiger charge is -2.09. The van der Waals surface area contributed by atoms with Gasteiger partial charge in [-0.3, -0.25) is 0 Å². The number of nitrogens with zero attached hydrogens (tertiary/aromatic N) is 1. The van der Waals surface area contributed by atoms with Crippen molar-refractivity contribution in [2.45, 2.75) is 19.4 Å². The Kier molecular flexibility index (Phi) is 3.02. The maximum Gasteiger partial charge on any atom is 0.110 e. The largest absolute Gasteiger partial charge is 0.324 e. The highest BCUT2D eigenvalue weighted by atomic mass is 79.9. The molecule has 0 amide bonds. The molecule has 0 aliphatic rings. The third kappa shape index (κ3) is 2.01. The summed E-state index contributed by atoms with van der Waals surface area (Å²) in [7, 11) is 0. The van der Waals surface area contributed by atoms with Crippen LogP contribution in [0.4, 0.5) is 0 Å². The zero-order chi connectivity index (χ0) is 8.27. The van der Waals surface area contributed by atoms with E-state index in [-0.39, 0.29) is 6.04 Å². The lowest BCUT2D eigenvalue weighted by molar-refractivity contribution is 0.691. The van der Waals surface area contributed by atoms with E-state index in [1.807, 2.05) is 12.1 Å². The molecule has 1 atom stereocenters. The number of hydrogen-bond donors (Lipinski definition) is 1. The van der Waals surface area contributed by atoms with E-state index < -0.39 is 0 Å². The van der Waals surface area contributed by atoms with Gasteiger partial charge in [-0.15, -0.1) is 0 Å². The van der Waals surface area contributed by atoms with Crippen molar-refractivity contribution >= 4 is 15.9 Å². The number of pyridine rings is 1. The SMILES string of the molecule is CC[C@@H](N)c1cccnc1Br. The predicted molar refractivity (Wildman–Crippen MR) is 49.2 cm³/mol. The molecule has 1 heterocycles. The Hall–Kier alpha value is -0.410. The summed E-state index contributed by atoms with van der Waals surface area (Å²) in [5.74, 6) is 0. The molecular formula is C8H11BrN2. The second-order valence-corrected chi connectivity index (χ2v) is 3.15. The van der Waals surface area contributed by atoms with Crippen molar-refractivity contribution in [2.24, 2.45) is 5.73 Å². The molecule has 1 aromatic heterocycles. The third-order valence-corrected chi connectivity index (χ3v) is 2.29. The topological polar surface area (TPSA) is 38.9 Å². The van der Waals surface area contributed by atoms with Gasteiger partial charge in [-0.2, -0.15) is 0 Å². The minimum absolute atomic E-state index is 0.0954. The van der Waals surface area contributed by atoms with E-state index in [1.54, 1.807) is 6.20 Å². The summed E-state index contributed by atoms with van der Waals surface area (Å²) in [5, 5.41) is 0. The molecular weight excluding hydrogens is 204 g/mol. The maximum absolute atomic E-state index is 5.83. The van der Waals surface area contributed by atoms with Gasteiger partial charge in [0, 0.05) is 17.8 Å². The van der Waals surface area contributed by atoms with Gasteiger partial charge in [0.15, 0.2) is 0 Å². The van der Waals surface area contributed by atoms with Gasteiger partial charge in [-0.05, 0) is 28.4 Å². The molecule has 0 fully saturated rings. The van der Waals surface area contributed by atoms with Crippen molar-refractivity contribution < 1.29 is 0 Å². The van der Waals surface area contributed by atoms with E-state index in [4.69, 9.17) is 5.73 Å². The van der Waals surface area contributed by atoms with Gasteiger partial charge in [0.1, 0.15) is 4.60 Å². The molecule has 0 saturated carbocycles. The maximum atomic E-state index is 5.83. The molecule has 0 spiro atoms. The monoisotopic (exact) mass is 214 g/mol. The van der Waals surface area contributed by atoms with Crippen LogP contribution < -0.4 is 5.73 Å². The average molecular weight is 215 g/mol. The molecule has 0 aliphatic carbocycles. The Morgan fingerprint density at radius 3 is 3.00 bits per heavy atom. The van der Waals surface area contributed by atoms with Gasteiger partial charge in [0.05, 0.1) is 0 Å². The van der Waals surface area contributed by atoms with Crippen molar-refractivity contribution in [1.29, 1.82) is 0 Å². The van der Waals surface area contributed by atoms with Gasteiger partial charge in [-0.25, -0.2) is 4.98 Å². The van der Waals surface area contributed by atoms with Crippen molar-refractivity contribution in [3.05, 3.63) is 28.5 Å². The molecule has 0 saturated heterocycles. The number of nitrogens with two attached hydrogens (primary N) is 1. The van der Waals surface area contributed by atoms with Crippen LogP contribution in [-0.2, 0) is 0 Å². The standard InChI is InChI=1S/C8H11BrN2/c1-2-7(10)6-4-3-5-11-8(6)9/h3-5,7H,2,10H2,1H3/t7-/m1/s1. The van der Waals surface area contributed by atoms with Crippen LogP contribution in [0.2, 0.25) is 0 Å². The van der Waals surface area contributed by atoms with E-state index >= 15 is 0 Å². The van der Waals surface area contributed by atoms with Gasteiger partial charge in [0.2, 0.25) is 0 Å². The van der Waals surface area contributed by atoms with Crippen LogP contribution >= 0.6 is 15.9 Å². The first-order valence-corrected chi connectivity index (χ1v) is 4.41. The summed E-state index contributed by atoms with van der Waals surface area (Å²) in [6, 6.07) is 3.99. The fourth-order valence-electron chi connectivity index (χ4n) is 0.895. The summed E-state index contributed by atoms with van der Waals surface area (Å²) in [6.45, 7) is 2.06. The molecule has 0 aliphatic heterocycles. The number of rotatable bonds is 2. The highest BCUT2D eigenvalue weighted by Crippen LogP contribution is 2.20. The smallest absolute Gasteiger partial charge is 0.110 e. The summed E-state index contributed by atoms with van der Waals surface area (Å²) in [4.78, 5) is 4.08. The fourth-order valence-corrected chi connectivity index (χ4v) is 1.44. The van der Waals surface area contributed by atoms with E-state index in [0.29, 0.717) is 0 Å². The fraction of sp³-hybridized carbons (Fsp3) is 0.375. The molecule has 11 heavy (non-hydrogen) atoms. The van der Waals surface area contributed by atoms with E-state index in [0.717, 1.165) is 16.6 Å². The number of halogens is 1. The molecule has 0 aromatic carbocycles. The second kappa shape index (κ2) is 3.83. The van der Waals surface area contributed by atoms with E-state index in [9.17, 15) is 0 Å². The summed E-state index contributed by atoms with van der Waals surface area (Å²) in [6.07, 6.45) is 2.68. The molecule has 1 rings (SSSR count). The lowest BCUT2D eigenvalue weighted by Crippen LogP contribution is -2.09. The number of hydrogen-bond acceptors (Lipinski definition) is 2. The Morgan fingerprint density at radius 2 is 2.45 bits per heavy atom. The van der Waals surface area contributed by atoms with Crippen molar-refractivity contribution in [2.75, 3.05) is 0 Å². The Morgan fingerprint density at radius 1 is 1.73 bits per heavy atom. The van der Waals surface area contributed by atoms with Crippen LogP contribution in [0.3, 0.4) is 0 Å². The normalized spacial score (nSPS) is 13.0. The highest BCUT2D eigenvalue weighted by molar-refractivity contribution is 9.10. The zero-order valence-electron chi connectivity index (χ0n) is 6.42. The Labute approximate surface area is 75.0 Å². The second-order valence-electron chi connectivity index (χ2n) is 2.40. The van der Waals surface area contributed by atoms with E-state index in [2.05, 4.69) is 27.8 Å². The van der Waals surface area contributed by atoms with Gasteiger partial charge in [0.25, 0.3) is 0 Å². The first-order chi connectivity index (χ1) is 5.25. The molecule has 1 aromatic rings. The lowest BCUT2D eigenvalue weighted by atomic mass is 10.1. The molecule has 2 nitrogen and oxygen atoms in total. The van der Waals surface area contributed by atoms with Crippen molar-refractivity contribution in [1.82, 2.24) is 4.98 Å². The Balaban J connectivity index is 2.93. The molecule has 3 heteroatoms. The first kappa shape index (κ1) is 8.68. The van der Waals surface area contributed by atoms with Crippen LogP contribution in [0.25, 0.3) is 0 Å². The summed E-state index contributed by atoms with van der Waals surface area (Å²) < 4.78 is 0.856. The summed E-state index contributed by atoms with van der Waals surface area (Å²) in [5.41, 5.74) is 6.90. The van der Waals surface area contributed by atoms with E-state index in [1.165, 1.54) is 0 Å². The van der Waals surface area contributed by atoms with Crippen LogP contribution in [0.15, 0.2) is 22.9 Å². The van der Waals surface area contributed by atoms with Crippen molar-refractivity contribution in [3.8, 4) is 0 Å². The number of aromatic nitrogens is 1. The van der Waals surface area contributed by atoms with Crippen LogP contribution in [-0.4, -0.2) is 4.98 Å². The van der Waals surface area contributed by atoms with Crippen LogP contribution in [0.5, 0.6) is 0 Å². The van der Waals surface area contributed by atoms with Gasteiger partial charge in [-0.1, -0.05) is 13.0 Å². The molecule has 0 unspecified atom stereocenters. The molecule has 2 N–H and O–H groups in total.